The number of likely N-dealkylation sites (N-methyl/N-ethyl adjacent to an activating group) is 1. The fraction of sp³-hybridized carbons (Fsp3) is 0.182. The number of rotatable bonds is 7. The van der Waals surface area contributed by atoms with Crippen LogP contribution in [-0.4, -0.2) is 29.9 Å². The molecule has 0 saturated heterocycles. The summed E-state index contributed by atoms with van der Waals surface area (Å²) >= 11 is 0. The highest BCUT2D eigenvalue weighted by Gasteiger charge is 2.18. The van der Waals surface area contributed by atoms with Crippen molar-refractivity contribution >= 4 is 11.9 Å². The van der Waals surface area contributed by atoms with E-state index in [4.69, 9.17) is 9.15 Å². The molecule has 3 rings (SSSR count). The molecule has 0 fully saturated rings. The van der Waals surface area contributed by atoms with Crippen molar-refractivity contribution < 1.29 is 23.1 Å². The number of furan rings is 1. The molecule has 0 atom stereocenters. The summed E-state index contributed by atoms with van der Waals surface area (Å²) in [5.41, 5.74) is 1.63. The summed E-state index contributed by atoms with van der Waals surface area (Å²) in [6.45, 7) is 2.44. The molecular weight excluding hydrogens is 361 g/mol. The van der Waals surface area contributed by atoms with E-state index in [0.717, 1.165) is 5.56 Å². The average molecular weight is 381 g/mol. The van der Waals surface area contributed by atoms with Crippen LogP contribution in [0, 0.1) is 5.82 Å². The molecule has 0 unspecified atom stereocenters. The van der Waals surface area contributed by atoms with E-state index < -0.39 is 5.97 Å². The van der Waals surface area contributed by atoms with Gasteiger partial charge in [0, 0.05) is 18.7 Å². The smallest absolute Gasteiger partial charge is 0.374 e. The van der Waals surface area contributed by atoms with Crippen molar-refractivity contribution in [3.05, 3.63) is 83.9 Å². The van der Waals surface area contributed by atoms with Crippen LogP contribution in [0.25, 0.3) is 11.3 Å². The second-order valence-corrected chi connectivity index (χ2v) is 6.14. The van der Waals surface area contributed by atoms with Crippen molar-refractivity contribution in [2.24, 2.45) is 0 Å². The molecule has 144 valence electrons. The second kappa shape index (κ2) is 8.99. The average Bonchev–Trinajstić information content (AvgIpc) is 3.21. The highest BCUT2D eigenvalue weighted by molar-refractivity contribution is 5.89. The van der Waals surface area contributed by atoms with Gasteiger partial charge in [0.05, 0.1) is 0 Å². The predicted octanol–water partition coefficient (Wildman–Crippen LogP) is 4.29. The summed E-state index contributed by atoms with van der Waals surface area (Å²) in [4.78, 5) is 26.1. The molecule has 0 saturated carbocycles. The normalized spacial score (nSPS) is 10.5. The minimum absolute atomic E-state index is 0.0155. The van der Waals surface area contributed by atoms with Crippen molar-refractivity contribution in [2.45, 2.75) is 13.5 Å². The maximum Gasteiger partial charge on any atom is 0.374 e. The van der Waals surface area contributed by atoms with Gasteiger partial charge in [-0.25, -0.2) is 9.18 Å². The largest absolute Gasteiger partial charge is 0.450 e. The number of esters is 1. The molecule has 0 aliphatic rings. The van der Waals surface area contributed by atoms with Crippen LogP contribution >= 0.6 is 0 Å². The lowest BCUT2D eigenvalue weighted by molar-refractivity contribution is -0.135. The Morgan fingerprint density at radius 3 is 2.39 bits per heavy atom. The Labute approximate surface area is 162 Å². The van der Waals surface area contributed by atoms with Gasteiger partial charge in [-0.1, -0.05) is 30.3 Å². The van der Waals surface area contributed by atoms with E-state index in [1.807, 2.05) is 37.3 Å². The topological polar surface area (TPSA) is 59.8 Å². The SMILES string of the molecule is CCN(Cc1ccccc1)C(=O)COC(=O)c1ccc(-c2ccc(F)cc2)o1. The highest BCUT2D eigenvalue weighted by atomic mass is 19.1. The van der Waals surface area contributed by atoms with Gasteiger partial charge in [0.1, 0.15) is 11.6 Å². The molecule has 28 heavy (non-hydrogen) atoms. The number of carbonyl (C=O) groups is 2. The van der Waals surface area contributed by atoms with E-state index in [9.17, 15) is 14.0 Å². The monoisotopic (exact) mass is 381 g/mol. The first-order valence-electron chi connectivity index (χ1n) is 8.91. The third-order valence-corrected chi connectivity index (χ3v) is 4.21. The van der Waals surface area contributed by atoms with Crippen LogP contribution < -0.4 is 0 Å². The molecule has 2 aromatic carbocycles. The van der Waals surface area contributed by atoms with Crippen LogP contribution in [0.4, 0.5) is 4.39 Å². The predicted molar refractivity (Wildman–Crippen MR) is 102 cm³/mol. The fourth-order valence-corrected chi connectivity index (χ4v) is 2.69. The van der Waals surface area contributed by atoms with Crippen molar-refractivity contribution in [1.29, 1.82) is 0 Å². The Morgan fingerprint density at radius 2 is 1.71 bits per heavy atom. The van der Waals surface area contributed by atoms with E-state index in [2.05, 4.69) is 0 Å². The van der Waals surface area contributed by atoms with Gasteiger partial charge >= 0.3 is 5.97 Å². The van der Waals surface area contributed by atoms with Gasteiger partial charge in [-0.05, 0) is 48.9 Å². The van der Waals surface area contributed by atoms with Crippen LogP contribution in [0.1, 0.15) is 23.0 Å². The molecule has 1 amide bonds. The summed E-state index contributed by atoms with van der Waals surface area (Å²) in [6.07, 6.45) is 0. The van der Waals surface area contributed by atoms with E-state index in [0.29, 0.717) is 24.4 Å². The molecule has 6 heteroatoms. The third kappa shape index (κ3) is 4.85. The molecule has 0 bridgehead atoms. The minimum Gasteiger partial charge on any atom is -0.450 e. The quantitative estimate of drug-likeness (QED) is 0.573. The summed E-state index contributed by atoms with van der Waals surface area (Å²) in [5.74, 6) is -0.970. The number of hydrogen-bond donors (Lipinski definition) is 0. The molecule has 1 aromatic heterocycles. The van der Waals surface area contributed by atoms with Crippen LogP contribution in [0.15, 0.2) is 71.1 Å². The molecule has 0 spiro atoms. The maximum absolute atomic E-state index is 13.0. The van der Waals surface area contributed by atoms with Crippen LogP contribution in [0.2, 0.25) is 0 Å². The Hall–Kier alpha value is -3.41. The van der Waals surface area contributed by atoms with E-state index in [-0.39, 0.29) is 24.1 Å². The molecule has 3 aromatic rings. The molecule has 0 aliphatic heterocycles. The molecule has 0 radical (unpaired) electrons. The van der Waals surface area contributed by atoms with Crippen LogP contribution in [0.5, 0.6) is 0 Å². The van der Waals surface area contributed by atoms with Gasteiger partial charge in [-0.2, -0.15) is 0 Å². The van der Waals surface area contributed by atoms with E-state index in [1.54, 1.807) is 23.1 Å². The zero-order chi connectivity index (χ0) is 19.9. The Morgan fingerprint density at radius 1 is 1.00 bits per heavy atom. The number of amides is 1. The molecular formula is C22H20FNO4. The van der Waals surface area contributed by atoms with Crippen LogP contribution in [-0.2, 0) is 16.1 Å². The number of benzene rings is 2. The third-order valence-electron chi connectivity index (χ3n) is 4.21. The molecule has 0 N–H and O–H groups in total. The second-order valence-electron chi connectivity index (χ2n) is 6.14. The summed E-state index contributed by atoms with van der Waals surface area (Å²) in [6, 6.07) is 18.4. The Balaban J connectivity index is 1.57. The fourth-order valence-electron chi connectivity index (χ4n) is 2.69. The number of ether oxygens (including phenoxy) is 1. The van der Waals surface area contributed by atoms with E-state index >= 15 is 0 Å². The van der Waals surface area contributed by atoms with Crippen molar-refractivity contribution in [1.82, 2.24) is 4.90 Å². The van der Waals surface area contributed by atoms with Crippen molar-refractivity contribution in [3.8, 4) is 11.3 Å². The Kier molecular flexibility index (Phi) is 6.22. The molecule has 1 heterocycles. The van der Waals surface area contributed by atoms with Gasteiger partial charge in [0.15, 0.2) is 6.61 Å². The number of nitrogens with zero attached hydrogens (tertiary/aromatic N) is 1. The number of halogens is 1. The number of carbonyl (C=O) groups excluding carboxylic acids is 2. The summed E-state index contributed by atoms with van der Waals surface area (Å²) in [5, 5.41) is 0. The maximum atomic E-state index is 13.0. The van der Waals surface area contributed by atoms with Gasteiger partial charge in [-0.15, -0.1) is 0 Å². The van der Waals surface area contributed by atoms with Crippen molar-refractivity contribution in [2.75, 3.05) is 13.2 Å². The van der Waals surface area contributed by atoms with Gasteiger partial charge in [-0.3, -0.25) is 4.79 Å². The highest BCUT2D eigenvalue weighted by Crippen LogP contribution is 2.22. The lowest BCUT2D eigenvalue weighted by Crippen LogP contribution is -2.34. The minimum atomic E-state index is -0.725. The molecule has 5 nitrogen and oxygen atoms in total. The zero-order valence-electron chi connectivity index (χ0n) is 15.4. The van der Waals surface area contributed by atoms with Gasteiger partial charge in [0.25, 0.3) is 5.91 Å². The van der Waals surface area contributed by atoms with Gasteiger partial charge in [0.2, 0.25) is 5.76 Å². The number of hydrogen-bond acceptors (Lipinski definition) is 4. The first kappa shape index (κ1) is 19.4. The van der Waals surface area contributed by atoms with Gasteiger partial charge < -0.3 is 14.1 Å². The zero-order valence-corrected chi connectivity index (χ0v) is 15.4. The Bertz CT molecular complexity index is 935. The first-order chi connectivity index (χ1) is 13.6. The summed E-state index contributed by atoms with van der Waals surface area (Å²) < 4.78 is 23.6. The van der Waals surface area contributed by atoms with E-state index in [1.165, 1.54) is 18.2 Å². The molecule has 0 aliphatic carbocycles. The van der Waals surface area contributed by atoms with Crippen LogP contribution in [0.3, 0.4) is 0 Å². The first-order valence-corrected chi connectivity index (χ1v) is 8.91. The standard InChI is InChI=1S/C22H20FNO4/c1-2-24(14-16-6-4-3-5-7-16)21(25)15-27-22(26)20-13-12-19(28-20)17-8-10-18(23)11-9-17/h3-13H,2,14-15H2,1H3. The lowest BCUT2D eigenvalue weighted by Gasteiger charge is -2.20. The van der Waals surface area contributed by atoms with Crippen molar-refractivity contribution in [3.63, 3.8) is 0 Å². The summed E-state index contributed by atoms with van der Waals surface area (Å²) in [7, 11) is 0. The lowest BCUT2D eigenvalue weighted by atomic mass is 10.2.